The number of carbonyl (C=O) groups excluding carboxylic acids is 1. The van der Waals surface area contributed by atoms with Crippen molar-refractivity contribution in [3.05, 3.63) is 0 Å². The van der Waals surface area contributed by atoms with Gasteiger partial charge in [-0.25, -0.2) is 0 Å². The van der Waals surface area contributed by atoms with Crippen molar-refractivity contribution >= 4 is 30.1 Å². The van der Waals surface area contributed by atoms with Crippen molar-refractivity contribution < 1.29 is 9.53 Å². The molecule has 0 aromatic carbocycles. The molecule has 130 valence electrons. The lowest BCUT2D eigenvalue weighted by Crippen LogP contribution is -2.48. The maximum Gasteiger partial charge on any atom is 0.221 e. The molecule has 1 unspecified atom stereocenters. The molecule has 0 aromatic rings. The maximum atomic E-state index is 12.2. The highest BCUT2D eigenvalue weighted by molar-refractivity contribution is 7.99. The smallest absolute Gasteiger partial charge is 0.221 e. The molecular formula is C16H31ClN2O2S. The Kier molecular flexibility index (Phi) is 9.80. The molecule has 4 nitrogen and oxygen atoms in total. The van der Waals surface area contributed by atoms with E-state index in [-0.39, 0.29) is 23.9 Å². The fourth-order valence-corrected chi connectivity index (χ4v) is 4.14. The fraction of sp³-hybridized carbons (Fsp3) is 0.938. The lowest BCUT2D eigenvalue weighted by Gasteiger charge is -2.37. The van der Waals surface area contributed by atoms with E-state index in [2.05, 4.69) is 17.6 Å². The first-order valence-corrected chi connectivity index (χ1v) is 9.61. The quantitative estimate of drug-likeness (QED) is 0.741. The van der Waals surface area contributed by atoms with Gasteiger partial charge in [0.15, 0.2) is 0 Å². The van der Waals surface area contributed by atoms with Crippen LogP contribution in [-0.2, 0) is 9.53 Å². The Hall–Kier alpha value is 0.0300. The maximum absolute atomic E-state index is 12.2. The monoisotopic (exact) mass is 350 g/mol. The Bertz CT molecular complexity index is 319. The van der Waals surface area contributed by atoms with Gasteiger partial charge in [-0.1, -0.05) is 26.2 Å². The van der Waals surface area contributed by atoms with Gasteiger partial charge in [0, 0.05) is 43.7 Å². The van der Waals surface area contributed by atoms with Gasteiger partial charge in [-0.05, 0) is 19.3 Å². The summed E-state index contributed by atoms with van der Waals surface area (Å²) < 4.78 is 6.13. The minimum absolute atomic E-state index is 0. The molecule has 0 aromatic heterocycles. The molecule has 0 radical (unpaired) electrons. The normalized spacial score (nSPS) is 24.3. The first-order valence-electron chi connectivity index (χ1n) is 8.46. The molecule has 1 aliphatic heterocycles. The minimum Gasteiger partial charge on any atom is -0.373 e. The zero-order valence-electron chi connectivity index (χ0n) is 13.7. The predicted molar refractivity (Wildman–Crippen MR) is 96.0 cm³/mol. The van der Waals surface area contributed by atoms with Crippen LogP contribution in [0.2, 0.25) is 0 Å². The molecular weight excluding hydrogens is 320 g/mol. The molecule has 1 heterocycles. The molecule has 2 fully saturated rings. The average molecular weight is 351 g/mol. The molecule has 2 rings (SSSR count). The summed E-state index contributed by atoms with van der Waals surface area (Å²) in [6.07, 6.45) is 7.56. The number of hydrogen-bond acceptors (Lipinski definition) is 4. The van der Waals surface area contributed by atoms with Crippen LogP contribution in [-0.4, -0.2) is 48.8 Å². The summed E-state index contributed by atoms with van der Waals surface area (Å²) in [6, 6.07) is 0.336. The van der Waals surface area contributed by atoms with E-state index in [9.17, 15) is 4.79 Å². The lowest BCUT2D eigenvalue weighted by atomic mass is 9.84. The van der Waals surface area contributed by atoms with Gasteiger partial charge < -0.3 is 15.4 Å². The number of nitrogens with one attached hydrogen (secondary N) is 2. The number of rotatable bonds is 7. The summed E-state index contributed by atoms with van der Waals surface area (Å²) in [5.74, 6) is 2.37. The zero-order chi connectivity index (χ0) is 15.0. The molecule has 6 heteroatoms. The van der Waals surface area contributed by atoms with Crippen LogP contribution >= 0.6 is 24.2 Å². The van der Waals surface area contributed by atoms with Crippen molar-refractivity contribution in [1.29, 1.82) is 0 Å². The topological polar surface area (TPSA) is 50.4 Å². The second kappa shape index (κ2) is 10.7. The molecule has 1 atom stereocenters. The molecule has 22 heavy (non-hydrogen) atoms. The van der Waals surface area contributed by atoms with Gasteiger partial charge in [0.2, 0.25) is 5.91 Å². The van der Waals surface area contributed by atoms with Gasteiger partial charge in [-0.3, -0.25) is 4.79 Å². The molecule has 0 spiro atoms. The number of thioether (sulfide) groups is 1. The van der Waals surface area contributed by atoms with Crippen LogP contribution in [0.5, 0.6) is 0 Å². The number of hydrogen-bond donors (Lipinski definition) is 2. The standard InChI is InChI=1S/C16H30N2O2S.ClH/c1-2-9-20-16(6-4-3-5-7-16)13-18-15(19)11-14-12-21-10-8-17-14;/h14,17H,2-13H2,1H3,(H,18,19);1H. The Balaban J connectivity index is 0.00000242. The van der Waals surface area contributed by atoms with Gasteiger partial charge in [0.25, 0.3) is 0 Å². The van der Waals surface area contributed by atoms with E-state index in [0.29, 0.717) is 19.0 Å². The van der Waals surface area contributed by atoms with Gasteiger partial charge in [0.1, 0.15) is 0 Å². The number of carbonyl (C=O) groups is 1. The van der Waals surface area contributed by atoms with Crippen LogP contribution in [0.15, 0.2) is 0 Å². The third-order valence-corrected chi connectivity index (χ3v) is 5.55. The SMILES string of the molecule is CCCOC1(CNC(=O)CC2CSCCN2)CCCCC1.Cl. The fourth-order valence-electron chi connectivity index (χ4n) is 3.19. The van der Waals surface area contributed by atoms with E-state index in [1.807, 2.05) is 11.8 Å². The number of amides is 1. The van der Waals surface area contributed by atoms with E-state index in [4.69, 9.17) is 4.74 Å². The molecule has 1 saturated carbocycles. The van der Waals surface area contributed by atoms with Gasteiger partial charge in [0.05, 0.1) is 5.60 Å². The Morgan fingerprint density at radius 2 is 2.14 bits per heavy atom. The average Bonchev–Trinajstić information content (AvgIpc) is 2.53. The number of ether oxygens (including phenoxy) is 1. The molecule has 1 amide bonds. The summed E-state index contributed by atoms with van der Waals surface area (Å²) in [5.41, 5.74) is -0.0985. The molecule has 2 aliphatic rings. The van der Waals surface area contributed by atoms with Crippen molar-refractivity contribution in [2.75, 3.05) is 31.2 Å². The summed E-state index contributed by atoms with van der Waals surface area (Å²) >= 11 is 1.93. The van der Waals surface area contributed by atoms with Crippen LogP contribution in [0.4, 0.5) is 0 Å². The van der Waals surface area contributed by atoms with Crippen molar-refractivity contribution in [3.63, 3.8) is 0 Å². The van der Waals surface area contributed by atoms with Gasteiger partial charge >= 0.3 is 0 Å². The third-order valence-electron chi connectivity index (χ3n) is 4.42. The summed E-state index contributed by atoms with van der Waals surface area (Å²) in [5, 5.41) is 6.56. The minimum atomic E-state index is -0.0985. The van der Waals surface area contributed by atoms with Crippen LogP contribution in [0.25, 0.3) is 0 Å². The summed E-state index contributed by atoms with van der Waals surface area (Å²) in [7, 11) is 0. The van der Waals surface area contributed by atoms with Crippen molar-refractivity contribution in [1.82, 2.24) is 10.6 Å². The van der Waals surface area contributed by atoms with Crippen molar-refractivity contribution in [2.24, 2.45) is 0 Å². The highest BCUT2D eigenvalue weighted by Crippen LogP contribution is 2.31. The summed E-state index contributed by atoms with van der Waals surface area (Å²) in [6.45, 7) is 4.65. The molecule has 0 bridgehead atoms. The van der Waals surface area contributed by atoms with Crippen molar-refractivity contribution in [2.45, 2.75) is 63.5 Å². The van der Waals surface area contributed by atoms with Crippen LogP contribution in [0.1, 0.15) is 51.9 Å². The Morgan fingerprint density at radius 3 is 2.77 bits per heavy atom. The van der Waals surface area contributed by atoms with Crippen molar-refractivity contribution in [3.8, 4) is 0 Å². The Labute approximate surface area is 145 Å². The highest BCUT2D eigenvalue weighted by atomic mass is 35.5. The van der Waals surface area contributed by atoms with Gasteiger partial charge in [-0.2, -0.15) is 11.8 Å². The van der Waals surface area contributed by atoms with Crippen LogP contribution in [0.3, 0.4) is 0 Å². The molecule has 2 N–H and O–H groups in total. The third kappa shape index (κ3) is 6.65. The second-order valence-electron chi connectivity index (χ2n) is 6.30. The van der Waals surface area contributed by atoms with E-state index >= 15 is 0 Å². The largest absolute Gasteiger partial charge is 0.373 e. The van der Waals surface area contributed by atoms with Crippen LogP contribution in [0, 0.1) is 0 Å². The van der Waals surface area contributed by atoms with Gasteiger partial charge in [-0.15, -0.1) is 12.4 Å². The van der Waals surface area contributed by atoms with E-state index < -0.39 is 0 Å². The van der Waals surface area contributed by atoms with E-state index in [0.717, 1.165) is 43.9 Å². The summed E-state index contributed by atoms with van der Waals surface area (Å²) in [4.78, 5) is 12.2. The van der Waals surface area contributed by atoms with E-state index in [1.54, 1.807) is 0 Å². The number of halogens is 1. The second-order valence-corrected chi connectivity index (χ2v) is 7.45. The van der Waals surface area contributed by atoms with Crippen LogP contribution < -0.4 is 10.6 Å². The first kappa shape index (κ1) is 20.1. The Morgan fingerprint density at radius 1 is 1.36 bits per heavy atom. The zero-order valence-corrected chi connectivity index (χ0v) is 15.3. The first-order chi connectivity index (χ1) is 10.2. The molecule has 1 saturated heterocycles. The highest BCUT2D eigenvalue weighted by Gasteiger charge is 2.33. The predicted octanol–water partition coefficient (Wildman–Crippen LogP) is 2.75. The molecule has 1 aliphatic carbocycles. The van der Waals surface area contributed by atoms with E-state index in [1.165, 1.54) is 19.3 Å². The lowest BCUT2D eigenvalue weighted by molar-refractivity contribution is -0.124.